The Morgan fingerprint density at radius 1 is 0.596 bits per heavy atom. The summed E-state index contributed by atoms with van der Waals surface area (Å²) < 4.78 is 17.2. The number of nitrogens with zero attached hydrogens (tertiary/aromatic N) is 1. The van der Waals surface area contributed by atoms with Crippen LogP contribution in [0.2, 0.25) is 0 Å². The Morgan fingerprint density at radius 2 is 1.08 bits per heavy atom. The molecule has 0 aliphatic carbocycles. The van der Waals surface area contributed by atoms with Crippen LogP contribution in [0.4, 0.5) is 0 Å². The van der Waals surface area contributed by atoms with Crippen molar-refractivity contribution < 1.29 is 38.2 Å². The van der Waals surface area contributed by atoms with Gasteiger partial charge in [0.05, 0.1) is 34.4 Å². The van der Waals surface area contributed by atoms with Crippen molar-refractivity contribution in [2.45, 2.75) is 187 Å². The summed E-state index contributed by atoms with van der Waals surface area (Å²) in [5.41, 5.74) is 0. The second-order valence-electron chi connectivity index (χ2n) is 15.2. The first-order valence-electron chi connectivity index (χ1n) is 21.0. The highest BCUT2D eigenvalue weighted by atomic mass is 16.6. The molecule has 0 aromatic rings. The summed E-state index contributed by atoms with van der Waals surface area (Å²) in [5, 5.41) is 9.60. The van der Waals surface area contributed by atoms with Crippen molar-refractivity contribution in [1.82, 2.24) is 0 Å². The molecular weight excluding hydrogens is 654 g/mol. The Morgan fingerprint density at radius 3 is 1.60 bits per heavy atom. The first-order valence-corrected chi connectivity index (χ1v) is 21.0. The lowest BCUT2D eigenvalue weighted by Gasteiger charge is -2.31. The van der Waals surface area contributed by atoms with Crippen molar-refractivity contribution in [3.05, 3.63) is 36.5 Å². The van der Waals surface area contributed by atoms with Gasteiger partial charge in [-0.3, -0.25) is 9.59 Å². The molecule has 0 aromatic heterocycles. The van der Waals surface area contributed by atoms with Crippen LogP contribution in [-0.4, -0.2) is 80.6 Å². The van der Waals surface area contributed by atoms with Gasteiger partial charge in [-0.25, -0.2) is 4.79 Å². The van der Waals surface area contributed by atoms with E-state index in [2.05, 4.69) is 50.3 Å². The number of hydrogen-bond acceptors (Lipinski definition) is 6. The van der Waals surface area contributed by atoms with Crippen molar-refractivity contribution in [3.63, 3.8) is 0 Å². The van der Waals surface area contributed by atoms with Gasteiger partial charge in [0.25, 0.3) is 0 Å². The summed E-state index contributed by atoms with van der Waals surface area (Å²) in [4.78, 5) is 36.9. The summed E-state index contributed by atoms with van der Waals surface area (Å²) in [6.45, 7) is 4.60. The minimum atomic E-state index is -0.878. The molecule has 0 aliphatic heterocycles. The number of unbranched alkanes of at least 4 members (excludes halogenated alkanes) is 17. The van der Waals surface area contributed by atoms with Crippen LogP contribution in [0.1, 0.15) is 174 Å². The van der Waals surface area contributed by atoms with Gasteiger partial charge in [0.1, 0.15) is 6.61 Å². The number of quaternary nitrogens is 1. The van der Waals surface area contributed by atoms with Crippen molar-refractivity contribution in [2.24, 2.45) is 0 Å². The first-order chi connectivity index (χ1) is 25.1. The van der Waals surface area contributed by atoms with Gasteiger partial charge in [-0.1, -0.05) is 147 Å². The normalized spacial score (nSPS) is 13.3. The number of carbonyl (C=O) groups is 3. The average molecular weight is 735 g/mol. The molecule has 0 bridgehead atoms. The molecule has 302 valence electrons. The SMILES string of the molecule is CC/C=C\C/C=C\C/C=C\CCCCCCCC(=O)O[C@@H](COCCC(C(=O)O)[N+](C)(C)C)COC(=O)CCCCCCCCCCCCCCC. The monoisotopic (exact) mass is 735 g/mol. The third kappa shape index (κ3) is 33.4. The Kier molecular flexibility index (Phi) is 33.9. The van der Waals surface area contributed by atoms with Crippen molar-refractivity contribution in [1.29, 1.82) is 0 Å². The van der Waals surface area contributed by atoms with Gasteiger partial charge in [0.15, 0.2) is 12.1 Å². The smallest absolute Gasteiger partial charge is 0.362 e. The van der Waals surface area contributed by atoms with E-state index >= 15 is 0 Å². The van der Waals surface area contributed by atoms with Gasteiger partial charge in [-0.2, -0.15) is 0 Å². The quantitative estimate of drug-likeness (QED) is 0.0293. The minimum absolute atomic E-state index is 0.0556. The summed E-state index contributed by atoms with van der Waals surface area (Å²) >= 11 is 0. The third-order valence-electron chi connectivity index (χ3n) is 9.30. The van der Waals surface area contributed by atoms with E-state index in [1.165, 1.54) is 64.2 Å². The Hall–Kier alpha value is -2.45. The maximum atomic E-state index is 12.7. The zero-order valence-electron chi connectivity index (χ0n) is 34.3. The Labute approximate surface area is 319 Å². The van der Waals surface area contributed by atoms with Crippen LogP contribution in [0.3, 0.4) is 0 Å². The predicted molar refractivity (Wildman–Crippen MR) is 215 cm³/mol. The van der Waals surface area contributed by atoms with Crippen LogP contribution in [0.25, 0.3) is 0 Å². The summed E-state index contributed by atoms with van der Waals surface area (Å²) in [7, 11) is 5.52. The predicted octanol–water partition coefficient (Wildman–Crippen LogP) is 11.1. The van der Waals surface area contributed by atoms with Crippen LogP contribution in [0, 0.1) is 0 Å². The number of ether oxygens (including phenoxy) is 3. The van der Waals surface area contributed by atoms with Crippen LogP contribution in [0.15, 0.2) is 36.5 Å². The number of esters is 2. The molecule has 52 heavy (non-hydrogen) atoms. The number of carbonyl (C=O) groups excluding carboxylic acids is 2. The number of hydrogen-bond donors (Lipinski definition) is 1. The second-order valence-corrected chi connectivity index (χ2v) is 15.2. The van der Waals surface area contributed by atoms with Gasteiger partial charge < -0.3 is 23.8 Å². The second kappa shape index (κ2) is 35.6. The molecule has 0 aromatic carbocycles. The highest BCUT2D eigenvalue weighted by molar-refractivity contribution is 5.72. The van der Waals surface area contributed by atoms with Gasteiger partial charge >= 0.3 is 17.9 Å². The standard InChI is InChI=1S/C44H79NO7/c1-6-8-10-12-14-16-18-20-21-23-25-27-29-31-33-35-43(47)52-40(38-50-37-36-41(44(48)49)45(3,4)5)39-51-42(46)34-32-30-28-26-24-22-19-17-15-13-11-9-7-2/h8,10,14,16,20-21,40-41H,6-7,9,11-13,15,17-19,22-39H2,1-5H3/p+1/b10-8-,16-14-,21-20-/t40-,41?/m0/s1. The maximum Gasteiger partial charge on any atom is 0.362 e. The molecule has 8 nitrogen and oxygen atoms in total. The zero-order chi connectivity index (χ0) is 38.5. The maximum absolute atomic E-state index is 12.7. The number of carboxylic acid groups (broad SMARTS) is 1. The largest absolute Gasteiger partial charge is 0.477 e. The molecule has 0 radical (unpaired) electrons. The highest BCUT2D eigenvalue weighted by Gasteiger charge is 2.31. The fraction of sp³-hybridized carbons (Fsp3) is 0.795. The lowest BCUT2D eigenvalue weighted by Crippen LogP contribution is -2.50. The van der Waals surface area contributed by atoms with Gasteiger partial charge in [-0.15, -0.1) is 0 Å². The third-order valence-corrected chi connectivity index (χ3v) is 9.30. The molecule has 0 saturated carbocycles. The van der Waals surface area contributed by atoms with Crippen molar-refractivity contribution in [2.75, 3.05) is 41.0 Å². The topological polar surface area (TPSA) is 99.1 Å². The van der Waals surface area contributed by atoms with Crippen molar-refractivity contribution >= 4 is 17.9 Å². The van der Waals surface area contributed by atoms with E-state index in [1.54, 1.807) is 0 Å². The summed E-state index contributed by atoms with van der Waals surface area (Å²) in [5.74, 6) is -1.49. The molecule has 0 aliphatic rings. The van der Waals surface area contributed by atoms with E-state index < -0.39 is 18.1 Å². The molecule has 1 N–H and O–H groups in total. The van der Waals surface area contributed by atoms with E-state index in [0.717, 1.165) is 77.0 Å². The number of rotatable bonds is 37. The molecule has 0 saturated heterocycles. The van der Waals surface area contributed by atoms with E-state index in [0.29, 0.717) is 19.3 Å². The lowest BCUT2D eigenvalue weighted by atomic mass is 10.0. The number of likely N-dealkylation sites (N-methyl/N-ethyl adjacent to an activating group) is 1. The average Bonchev–Trinajstić information content (AvgIpc) is 3.09. The molecule has 0 amide bonds. The number of aliphatic carboxylic acids is 1. The minimum Gasteiger partial charge on any atom is -0.477 e. The molecule has 0 spiro atoms. The van der Waals surface area contributed by atoms with Crippen LogP contribution < -0.4 is 0 Å². The molecule has 1 unspecified atom stereocenters. The van der Waals surface area contributed by atoms with Gasteiger partial charge in [-0.05, 0) is 44.9 Å². The molecular formula is C44H80NO7+. The Bertz CT molecular complexity index is 953. The Balaban J connectivity index is 4.40. The number of carboxylic acids is 1. The first kappa shape index (κ1) is 49.6. The van der Waals surface area contributed by atoms with E-state index in [9.17, 15) is 19.5 Å². The van der Waals surface area contributed by atoms with Crippen LogP contribution in [0.5, 0.6) is 0 Å². The van der Waals surface area contributed by atoms with Gasteiger partial charge in [0, 0.05) is 19.3 Å². The molecule has 2 atom stereocenters. The summed E-state index contributed by atoms with van der Waals surface area (Å²) in [6.07, 6.45) is 38.9. The molecule has 8 heteroatoms. The molecule has 0 fully saturated rings. The van der Waals surface area contributed by atoms with E-state index in [1.807, 2.05) is 21.1 Å². The fourth-order valence-electron chi connectivity index (χ4n) is 6.05. The van der Waals surface area contributed by atoms with Crippen molar-refractivity contribution in [3.8, 4) is 0 Å². The van der Waals surface area contributed by atoms with E-state index in [-0.39, 0.29) is 36.2 Å². The summed E-state index contributed by atoms with van der Waals surface area (Å²) in [6, 6.07) is -0.615. The lowest BCUT2D eigenvalue weighted by molar-refractivity contribution is -0.887. The van der Waals surface area contributed by atoms with Crippen LogP contribution in [-0.2, 0) is 28.6 Å². The molecule has 0 heterocycles. The number of allylic oxidation sites excluding steroid dienone is 6. The molecule has 0 rings (SSSR count). The van der Waals surface area contributed by atoms with E-state index in [4.69, 9.17) is 14.2 Å². The fourth-order valence-corrected chi connectivity index (χ4v) is 6.05. The van der Waals surface area contributed by atoms with Crippen LogP contribution >= 0.6 is 0 Å². The van der Waals surface area contributed by atoms with Gasteiger partial charge in [0.2, 0.25) is 0 Å². The zero-order valence-corrected chi connectivity index (χ0v) is 34.3. The highest BCUT2D eigenvalue weighted by Crippen LogP contribution is 2.14.